The highest BCUT2D eigenvalue weighted by molar-refractivity contribution is 9.10. The second-order valence-corrected chi connectivity index (χ2v) is 7.42. The number of anilines is 1. The van der Waals surface area contributed by atoms with Gasteiger partial charge in [0.2, 0.25) is 0 Å². The standard InChI is InChI=1S/C21H14BrClN2O4/c1-3-8-29-18-7-5-15(23)10-13(18)11-16-19(26)24-21(28)25(20(16)27)17-6-4-14(22)9-12(17)2/h1,4-7,9-11H,8H2,2H3,(H,24,26,28)/b16-11-. The number of urea groups is 1. The zero-order valence-electron chi connectivity index (χ0n) is 15.2. The van der Waals surface area contributed by atoms with E-state index < -0.39 is 17.8 Å². The lowest BCUT2D eigenvalue weighted by Crippen LogP contribution is -2.54. The number of benzene rings is 2. The summed E-state index contributed by atoms with van der Waals surface area (Å²) in [7, 11) is 0. The van der Waals surface area contributed by atoms with Gasteiger partial charge in [-0.25, -0.2) is 9.69 Å². The van der Waals surface area contributed by atoms with E-state index in [9.17, 15) is 14.4 Å². The number of nitrogens with one attached hydrogen (secondary N) is 1. The molecule has 1 saturated heterocycles. The zero-order valence-corrected chi connectivity index (χ0v) is 17.5. The monoisotopic (exact) mass is 472 g/mol. The highest BCUT2D eigenvalue weighted by Crippen LogP contribution is 2.30. The van der Waals surface area contributed by atoms with Crippen molar-refractivity contribution in [2.45, 2.75) is 6.92 Å². The first-order chi connectivity index (χ1) is 13.8. The van der Waals surface area contributed by atoms with Crippen LogP contribution < -0.4 is 15.0 Å². The van der Waals surface area contributed by atoms with Crippen LogP contribution in [0.25, 0.3) is 6.08 Å². The highest BCUT2D eigenvalue weighted by atomic mass is 79.9. The normalized spacial score (nSPS) is 15.3. The van der Waals surface area contributed by atoms with Crippen LogP contribution in [0.3, 0.4) is 0 Å². The Hall–Kier alpha value is -3.08. The Labute approximate surface area is 180 Å². The maximum atomic E-state index is 13.1. The number of carbonyl (C=O) groups is 3. The average molecular weight is 474 g/mol. The van der Waals surface area contributed by atoms with Crippen molar-refractivity contribution in [3.05, 3.63) is 62.6 Å². The summed E-state index contributed by atoms with van der Waals surface area (Å²) in [6, 6.07) is 8.97. The van der Waals surface area contributed by atoms with Gasteiger partial charge in [0, 0.05) is 15.1 Å². The van der Waals surface area contributed by atoms with Crippen LogP contribution in [0, 0.1) is 19.3 Å². The molecule has 1 heterocycles. The number of nitrogens with zero attached hydrogens (tertiary/aromatic N) is 1. The maximum absolute atomic E-state index is 13.1. The van der Waals surface area contributed by atoms with Crippen LogP contribution in [0.15, 0.2) is 46.4 Å². The van der Waals surface area contributed by atoms with E-state index in [-0.39, 0.29) is 12.2 Å². The maximum Gasteiger partial charge on any atom is 0.335 e. The van der Waals surface area contributed by atoms with E-state index >= 15 is 0 Å². The fraction of sp³-hybridized carbons (Fsp3) is 0.0952. The van der Waals surface area contributed by atoms with Crippen LogP contribution in [0.2, 0.25) is 5.02 Å². The molecule has 0 saturated carbocycles. The quantitative estimate of drug-likeness (QED) is 0.412. The van der Waals surface area contributed by atoms with Gasteiger partial charge in [-0.3, -0.25) is 14.9 Å². The summed E-state index contributed by atoms with van der Waals surface area (Å²) in [6.45, 7) is 1.75. The number of hydrogen-bond acceptors (Lipinski definition) is 4. The van der Waals surface area contributed by atoms with Gasteiger partial charge < -0.3 is 4.74 Å². The van der Waals surface area contributed by atoms with Crippen LogP contribution in [0.4, 0.5) is 10.5 Å². The van der Waals surface area contributed by atoms with Gasteiger partial charge in [0.15, 0.2) is 0 Å². The molecule has 0 bridgehead atoms. The predicted molar refractivity (Wildman–Crippen MR) is 114 cm³/mol. The van der Waals surface area contributed by atoms with Gasteiger partial charge in [0.05, 0.1) is 5.69 Å². The van der Waals surface area contributed by atoms with E-state index in [1.54, 1.807) is 37.3 Å². The second-order valence-electron chi connectivity index (χ2n) is 6.06. The van der Waals surface area contributed by atoms with Crippen LogP contribution in [0.5, 0.6) is 5.75 Å². The van der Waals surface area contributed by atoms with E-state index in [2.05, 4.69) is 27.2 Å². The van der Waals surface area contributed by atoms with Crippen molar-refractivity contribution in [3.8, 4) is 18.1 Å². The molecule has 8 heteroatoms. The average Bonchev–Trinajstić information content (AvgIpc) is 2.66. The van der Waals surface area contributed by atoms with E-state index in [0.29, 0.717) is 27.6 Å². The molecule has 0 radical (unpaired) electrons. The molecule has 29 heavy (non-hydrogen) atoms. The van der Waals surface area contributed by atoms with Gasteiger partial charge in [0.25, 0.3) is 11.8 Å². The first-order valence-corrected chi connectivity index (χ1v) is 9.52. The summed E-state index contributed by atoms with van der Waals surface area (Å²) >= 11 is 9.39. The predicted octanol–water partition coefficient (Wildman–Crippen LogP) is 4.09. The Bertz CT molecular complexity index is 1100. The van der Waals surface area contributed by atoms with Crippen LogP contribution in [0.1, 0.15) is 11.1 Å². The molecule has 0 unspecified atom stereocenters. The number of ether oxygens (including phenoxy) is 1. The van der Waals surface area contributed by atoms with Crippen molar-refractivity contribution in [1.82, 2.24) is 5.32 Å². The first kappa shape index (κ1) is 20.6. The number of imide groups is 2. The highest BCUT2D eigenvalue weighted by Gasteiger charge is 2.37. The molecule has 6 nitrogen and oxygen atoms in total. The van der Waals surface area contributed by atoms with Gasteiger partial charge in [0.1, 0.15) is 17.9 Å². The van der Waals surface area contributed by atoms with E-state index in [1.165, 1.54) is 12.1 Å². The lowest BCUT2D eigenvalue weighted by molar-refractivity contribution is -0.122. The Morgan fingerprint density at radius 1 is 1.24 bits per heavy atom. The molecule has 146 valence electrons. The SMILES string of the molecule is C#CCOc1ccc(Cl)cc1/C=C1/C(=O)NC(=O)N(c2ccc(Br)cc2C)C1=O. The van der Waals surface area contributed by atoms with Crippen LogP contribution in [-0.4, -0.2) is 24.5 Å². The third-order valence-electron chi connectivity index (χ3n) is 4.08. The van der Waals surface area contributed by atoms with Crippen molar-refractivity contribution >= 4 is 57.1 Å². The fourth-order valence-electron chi connectivity index (χ4n) is 2.78. The summed E-state index contributed by atoms with van der Waals surface area (Å²) in [5, 5.41) is 2.57. The topological polar surface area (TPSA) is 75.7 Å². The van der Waals surface area contributed by atoms with Gasteiger partial charge in [-0.1, -0.05) is 33.5 Å². The molecular weight excluding hydrogens is 460 g/mol. The molecular formula is C21H14BrClN2O4. The van der Waals surface area contributed by atoms with Gasteiger partial charge in [-0.2, -0.15) is 0 Å². The van der Waals surface area contributed by atoms with Crippen molar-refractivity contribution < 1.29 is 19.1 Å². The molecule has 2 aromatic carbocycles. The Morgan fingerprint density at radius 3 is 2.69 bits per heavy atom. The van der Waals surface area contributed by atoms with Crippen molar-refractivity contribution in [3.63, 3.8) is 0 Å². The van der Waals surface area contributed by atoms with Gasteiger partial charge in [-0.05, 0) is 55.0 Å². The summed E-state index contributed by atoms with van der Waals surface area (Å²) in [5.74, 6) is 1.13. The smallest absolute Gasteiger partial charge is 0.335 e. The largest absolute Gasteiger partial charge is 0.480 e. The molecule has 1 N–H and O–H groups in total. The summed E-state index contributed by atoms with van der Waals surface area (Å²) < 4.78 is 6.25. The molecule has 1 fully saturated rings. The number of halogens is 2. The molecule has 2 aromatic rings. The molecule has 0 atom stereocenters. The molecule has 0 spiro atoms. The summed E-state index contributed by atoms with van der Waals surface area (Å²) in [6.07, 6.45) is 6.55. The third-order valence-corrected chi connectivity index (χ3v) is 4.81. The minimum absolute atomic E-state index is 0.000642. The lowest BCUT2D eigenvalue weighted by Gasteiger charge is -2.27. The van der Waals surface area contributed by atoms with Crippen molar-refractivity contribution in [2.75, 3.05) is 11.5 Å². The lowest BCUT2D eigenvalue weighted by atomic mass is 10.0. The molecule has 4 amide bonds. The fourth-order valence-corrected chi connectivity index (χ4v) is 3.44. The summed E-state index contributed by atoms with van der Waals surface area (Å²) in [5.41, 5.74) is 1.19. The van der Waals surface area contributed by atoms with Crippen LogP contribution >= 0.6 is 27.5 Å². The van der Waals surface area contributed by atoms with Crippen LogP contribution in [-0.2, 0) is 9.59 Å². The molecule has 0 aliphatic carbocycles. The number of terminal acetylenes is 1. The number of aryl methyl sites for hydroxylation is 1. The minimum Gasteiger partial charge on any atom is -0.480 e. The Kier molecular flexibility index (Phi) is 6.06. The molecule has 1 aliphatic rings. The van der Waals surface area contributed by atoms with Crippen molar-refractivity contribution in [2.24, 2.45) is 0 Å². The number of amides is 4. The Morgan fingerprint density at radius 2 is 2.00 bits per heavy atom. The number of rotatable bonds is 4. The van der Waals surface area contributed by atoms with Gasteiger partial charge >= 0.3 is 6.03 Å². The first-order valence-electron chi connectivity index (χ1n) is 8.35. The third kappa shape index (κ3) is 4.34. The molecule has 1 aliphatic heterocycles. The second kappa shape index (κ2) is 8.52. The zero-order chi connectivity index (χ0) is 21.1. The van der Waals surface area contributed by atoms with Crippen molar-refractivity contribution in [1.29, 1.82) is 0 Å². The van der Waals surface area contributed by atoms with E-state index in [4.69, 9.17) is 22.8 Å². The van der Waals surface area contributed by atoms with Gasteiger partial charge in [-0.15, -0.1) is 6.42 Å². The summed E-state index contributed by atoms with van der Waals surface area (Å²) in [4.78, 5) is 38.7. The van der Waals surface area contributed by atoms with E-state index in [1.807, 2.05) is 0 Å². The molecule has 3 rings (SSSR count). The minimum atomic E-state index is -0.822. The number of carbonyl (C=O) groups excluding carboxylic acids is 3. The Balaban J connectivity index is 2.07. The van der Waals surface area contributed by atoms with E-state index in [0.717, 1.165) is 9.37 Å². The molecule has 0 aromatic heterocycles. The number of hydrogen-bond donors (Lipinski definition) is 1. The number of barbiturate groups is 1.